The molecular formula is C20H21N3O2. The summed E-state index contributed by atoms with van der Waals surface area (Å²) in [4.78, 5) is 0. The number of benzene rings is 2. The minimum atomic E-state index is 0.665. The van der Waals surface area contributed by atoms with Gasteiger partial charge in [0, 0.05) is 18.1 Å². The predicted octanol–water partition coefficient (Wildman–Crippen LogP) is 3.74. The zero-order chi connectivity index (χ0) is 17.6. The van der Waals surface area contributed by atoms with Crippen molar-refractivity contribution in [1.29, 1.82) is 0 Å². The van der Waals surface area contributed by atoms with E-state index in [0.717, 1.165) is 28.5 Å². The average Bonchev–Trinajstić information content (AvgIpc) is 3.05. The highest BCUT2D eigenvalue weighted by atomic mass is 16.5. The highest BCUT2D eigenvalue weighted by Gasteiger charge is 2.16. The standard InChI is InChI=1S/C20H21N3O2/c1-4-8-19-20(16-11-17(24-2)13-18(12-16)25-3)21-22-23(19)14-15-9-6-5-7-10-15/h4-7,9-13H,1,8,14H2,2-3H3. The molecule has 0 fully saturated rings. The molecule has 5 nitrogen and oxygen atoms in total. The highest BCUT2D eigenvalue weighted by Crippen LogP contribution is 2.31. The molecule has 0 spiro atoms. The Morgan fingerprint density at radius 1 is 1.04 bits per heavy atom. The lowest BCUT2D eigenvalue weighted by molar-refractivity contribution is 0.394. The summed E-state index contributed by atoms with van der Waals surface area (Å²) >= 11 is 0. The SMILES string of the molecule is C=CCc1c(-c2cc(OC)cc(OC)c2)nnn1Cc1ccccc1. The van der Waals surface area contributed by atoms with Crippen LogP contribution in [-0.4, -0.2) is 29.2 Å². The molecule has 0 saturated carbocycles. The summed E-state index contributed by atoms with van der Waals surface area (Å²) in [6.45, 7) is 4.53. The number of aromatic nitrogens is 3. The van der Waals surface area contributed by atoms with Crippen LogP contribution in [0.2, 0.25) is 0 Å². The molecule has 0 N–H and O–H groups in total. The van der Waals surface area contributed by atoms with Gasteiger partial charge in [0.1, 0.15) is 17.2 Å². The second-order valence-electron chi connectivity index (χ2n) is 5.62. The Kier molecular flexibility index (Phi) is 5.14. The van der Waals surface area contributed by atoms with Gasteiger partial charge in [-0.1, -0.05) is 41.6 Å². The van der Waals surface area contributed by atoms with Gasteiger partial charge in [0.25, 0.3) is 0 Å². The summed E-state index contributed by atoms with van der Waals surface area (Å²) < 4.78 is 12.6. The molecule has 1 aromatic heterocycles. The number of methoxy groups -OCH3 is 2. The number of hydrogen-bond acceptors (Lipinski definition) is 4. The van der Waals surface area contributed by atoms with E-state index in [1.807, 2.05) is 47.2 Å². The van der Waals surface area contributed by atoms with E-state index >= 15 is 0 Å². The van der Waals surface area contributed by atoms with E-state index in [0.29, 0.717) is 13.0 Å². The third kappa shape index (κ3) is 3.71. The fourth-order valence-electron chi connectivity index (χ4n) is 2.72. The fourth-order valence-corrected chi connectivity index (χ4v) is 2.72. The molecule has 0 amide bonds. The molecule has 0 unspecified atom stereocenters. The minimum absolute atomic E-state index is 0.665. The Labute approximate surface area is 147 Å². The summed E-state index contributed by atoms with van der Waals surface area (Å²) in [7, 11) is 3.27. The normalized spacial score (nSPS) is 10.5. The van der Waals surface area contributed by atoms with Crippen molar-refractivity contribution in [3.63, 3.8) is 0 Å². The van der Waals surface area contributed by atoms with E-state index in [-0.39, 0.29) is 0 Å². The Balaban J connectivity index is 2.03. The van der Waals surface area contributed by atoms with E-state index in [1.54, 1.807) is 14.2 Å². The van der Waals surface area contributed by atoms with Gasteiger partial charge >= 0.3 is 0 Å². The van der Waals surface area contributed by atoms with Crippen molar-refractivity contribution in [2.45, 2.75) is 13.0 Å². The van der Waals surface area contributed by atoms with Crippen LogP contribution in [-0.2, 0) is 13.0 Å². The highest BCUT2D eigenvalue weighted by molar-refractivity contribution is 5.66. The Hall–Kier alpha value is -3.08. The topological polar surface area (TPSA) is 49.2 Å². The maximum absolute atomic E-state index is 5.37. The molecule has 0 atom stereocenters. The lowest BCUT2D eigenvalue weighted by atomic mass is 10.1. The van der Waals surface area contributed by atoms with Crippen molar-refractivity contribution < 1.29 is 9.47 Å². The number of nitrogens with zero attached hydrogens (tertiary/aromatic N) is 3. The van der Waals surface area contributed by atoms with E-state index < -0.39 is 0 Å². The van der Waals surface area contributed by atoms with Crippen molar-refractivity contribution in [2.24, 2.45) is 0 Å². The first-order valence-corrected chi connectivity index (χ1v) is 8.05. The number of rotatable bonds is 7. The summed E-state index contributed by atoms with van der Waals surface area (Å²) in [5.41, 5.74) is 3.90. The van der Waals surface area contributed by atoms with E-state index in [2.05, 4.69) is 29.0 Å². The van der Waals surface area contributed by atoms with E-state index in [1.165, 1.54) is 5.56 Å². The molecule has 0 aliphatic rings. The molecule has 0 bridgehead atoms. The Bertz CT molecular complexity index is 834. The smallest absolute Gasteiger partial charge is 0.123 e. The number of hydrogen-bond donors (Lipinski definition) is 0. The zero-order valence-electron chi connectivity index (χ0n) is 14.5. The first-order valence-electron chi connectivity index (χ1n) is 8.05. The van der Waals surface area contributed by atoms with Gasteiger partial charge in [-0.2, -0.15) is 0 Å². The second kappa shape index (κ2) is 7.66. The van der Waals surface area contributed by atoms with Gasteiger partial charge in [0.15, 0.2) is 0 Å². The summed E-state index contributed by atoms with van der Waals surface area (Å²) in [6, 6.07) is 15.9. The van der Waals surface area contributed by atoms with Crippen LogP contribution in [0.5, 0.6) is 11.5 Å². The lowest BCUT2D eigenvalue weighted by Crippen LogP contribution is -2.06. The molecule has 0 saturated heterocycles. The van der Waals surface area contributed by atoms with Gasteiger partial charge in [-0.25, -0.2) is 4.68 Å². The first-order chi connectivity index (χ1) is 12.2. The van der Waals surface area contributed by atoms with Crippen LogP contribution in [0.4, 0.5) is 0 Å². The average molecular weight is 335 g/mol. The van der Waals surface area contributed by atoms with Crippen LogP contribution in [0, 0.1) is 0 Å². The molecule has 1 heterocycles. The summed E-state index contributed by atoms with van der Waals surface area (Å²) in [6.07, 6.45) is 2.54. The van der Waals surface area contributed by atoms with Gasteiger partial charge in [0.2, 0.25) is 0 Å². The molecule has 128 valence electrons. The molecule has 0 radical (unpaired) electrons. The third-order valence-electron chi connectivity index (χ3n) is 3.98. The minimum Gasteiger partial charge on any atom is -0.497 e. The molecule has 3 rings (SSSR count). The molecule has 3 aromatic rings. The van der Waals surface area contributed by atoms with Gasteiger partial charge in [-0.3, -0.25) is 0 Å². The monoisotopic (exact) mass is 335 g/mol. The van der Waals surface area contributed by atoms with Gasteiger partial charge in [-0.15, -0.1) is 11.7 Å². The van der Waals surface area contributed by atoms with Crippen molar-refractivity contribution in [2.75, 3.05) is 14.2 Å². The predicted molar refractivity (Wildman–Crippen MR) is 98.0 cm³/mol. The maximum Gasteiger partial charge on any atom is 0.123 e. The lowest BCUT2D eigenvalue weighted by Gasteiger charge is -2.09. The third-order valence-corrected chi connectivity index (χ3v) is 3.98. The van der Waals surface area contributed by atoms with Gasteiger partial charge in [-0.05, 0) is 17.7 Å². The summed E-state index contributed by atoms with van der Waals surface area (Å²) in [5, 5.41) is 8.76. The van der Waals surface area contributed by atoms with Crippen LogP contribution in [0.25, 0.3) is 11.3 Å². The Morgan fingerprint density at radius 2 is 1.72 bits per heavy atom. The Morgan fingerprint density at radius 3 is 2.32 bits per heavy atom. The van der Waals surface area contributed by atoms with Crippen LogP contribution in [0.3, 0.4) is 0 Å². The van der Waals surface area contributed by atoms with Crippen molar-refractivity contribution in [1.82, 2.24) is 15.0 Å². The molecular weight excluding hydrogens is 314 g/mol. The zero-order valence-corrected chi connectivity index (χ0v) is 14.5. The summed E-state index contributed by atoms with van der Waals surface area (Å²) in [5.74, 6) is 1.44. The quantitative estimate of drug-likeness (QED) is 0.617. The molecule has 5 heteroatoms. The fraction of sp³-hybridized carbons (Fsp3) is 0.200. The molecule has 25 heavy (non-hydrogen) atoms. The van der Waals surface area contributed by atoms with Crippen molar-refractivity contribution >= 4 is 0 Å². The molecule has 2 aromatic carbocycles. The second-order valence-corrected chi connectivity index (χ2v) is 5.62. The molecule has 0 aliphatic carbocycles. The van der Waals surface area contributed by atoms with E-state index in [9.17, 15) is 0 Å². The maximum atomic E-state index is 5.37. The van der Waals surface area contributed by atoms with Gasteiger partial charge < -0.3 is 9.47 Å². The van der Waals surface area contributed by atoms with E-state index in [4.69, 9.17) is 9.47 Å². The van der Waals surface area contributed by atoms with Crippen LogP contribution in [0.1, 0.15) is 11.3 Å². The number of ether oxygens (including phenoxy) is 2. The van der Waals surface area contributed by atoms with Crippen molar-refractivity contribution in [3.05, 3.63) is 72.4 Å². The largest absolute Gasteiger partial charge is 0.497 e. The van der Waals surface area contributed by atoms with Crippen LogP contribution in [0.15, 0.2) is 61.2 Å². The van der Waals surface area contributed by atoms with Crippen LogP contribution < -0.4 is 9.47 Å². The number of allylic oxidation sites excluding steroid dienone is 1. The van der Waals surface area contributed by atoms with Crippen molar-refractivity contribution in [3.8, 4) is 22.8 Å². The van der Waals surface area contributed by atoms with Crippen LogP contribution >= 0.6 is 0 Å². The molecule has 0 aliphatic heterocycles. The van der Waals surface area contributed by atoms with Gasteiger partial charge in [0.05, 0.1) is 26.5 Å². The first kappa shape index (κ1) is 16.8.